The van der Waals surface area contributed by atoms with Gasteiger partial charge in [0.1, 0.15) is 0 Å². The predicted molar refractivity (Wildman–Crippen MR) is 62.7 cm³/mol. The van der Waals surface area contributed by atoms with Crippen molar-refractivity contribution in [1.82, 2.24) is 0 Å². The second-order valence-electron chi connectivity index (χ2n) is 6.01. The van der Waals surface area contributed by atoms with Gasteiger partial charge in [-0.05, 0) is 12.8 Å². The van der Waals surface area contributed by atoms with Gasteiger partial charge < -0.3 is 9.47 Å². The summed E-state index contributed by atoms with van der Waals surface area (Å²) < 4.78 is 12.0. The van der Waals surface area contributed by atoms with Crippen LogP contribution in [-0.2, 0) is 9.47 Å². The molecule has 15 heavy (non-hydrogen) atoms. The summed E-state index contributed by atoms with van der Waals surface area (Å²) >= 11 is 0. The first-order valence-corrected chi connectivity index (χ1v) is 6.07. The molecule has 1 aliphatic rings. The minimum Gasteiger partial charge on any atom is -0.349 e. The molecular weight excluding hydrogens is 188 g/mol. The van der Waals surface area contributed by atoms with Crippen molar-refractivity contribution in [3.63, 3.8) is 0 Å². The van der Waals surface area contributed by atoms with Gasteiger partial charge >= 0.3 is 0 Å². The van der Waals surface area contributed by atoms with E-state index in [4.69, 9.17) is 9.47 Å². The lowest BCUT2D eigenvalue weighted by Gasteiger charge is -2.49. The molecule has 1 fully saturated rings. The second-order valence-corrected chi connectivity index (χ2v) is 6.01. The quantitative estimate of drug-likeness (QED) is 0.701. The van der Waals surface area contributed by atoms with E-state index in [0.717, 1.165) is 0 Å². The SMILES string of the molecule is CC(C)C1OC(C)C(C)(C)C(C(C)C)O1. The smallest absolute Gasteiger partial charge is 0.160 e. The largest absolute Gasteiger partial charge is 0.349 e. The number of ether oxygens (including phenoxy) is 2. The molecule has 0 amide bonds. The summed E-state index contributed by atoms with van der Waals surface area (Å²) in [5, 5.41) is 0. The molecule has 2 nitrogen and oxygen atoms in total. The standard InChI is InChI=1S/C13H26O2/c1-8(2)11-13(6,7)10(5)14-12(15-11)9(3)4/h8-12H,1-7H3. The van der Waals surface area contributed by atoms with Crippen LogP contribution in [0.2, 0.25) is 0 Å². The van der Waals surface area contributed by atoms with E-state index in [1.54, 1.807) is 0 Å². The zero-order valence-electron chi connectivity index (χ0n) is 11.2. The van der Waals surface area contributed by atoms with Gasteiger partial charge in [0.2, 0.25) is 0 Å². The molecule has 1 heterocycles. The van der Waals surface area contributed by atoms with Crippen molar-refractivity contribution >= 4 is 0 Å². The van der Waals surface area contributed by atoms with E-state index >= 15 is 0 Å². The van der Waals surface area contributed by atoms with Crippen molar-refractivity contribution in [3.05, 3.63) is 0 Å². The molecule has 1 saturated heterocycles. The highest BCUT2D eigenvalue weighted by Gasteiger charge is 2.45. The van der Waals surface area contributed by atoms with Crippen LogP contribution in [0.25, 0.3) is 0 Å². The molecule has 0 bridgehead atoms. The first-order chi connectivity index (χ1) is 6.76. The van der Waals surface area contributed by atoms with Crippen LogP contribution in [0.15, 0.2) is 0 Å². The summed E-state index contributed by atoms with van der Waals surface area (Å²) in [6.07, 6.45) is 0.500. The molecule has 0 aliphatic carbocycles. The molecule has 0 aromatic rings. The van der Waals surface area contributed by atoms with Gasteiger partial charge in [-0.1, -0.05) is 41.5 Å². The van der Waals surface area contributed by atoms with Gasteiger partial charge in [-0.3, -0.25) is 0 Å². The Bertz CT molecular complexity index is 209. The zero-order chi connectivity index (χ0) is 11.8. The summed E-state index contributed by atoms with van der Waals surface area (Å²) in [6, 6.07) is 0. The van der Waals surface area contributed by atoms with Crippen LogP contribution in [0.5, 0.6) is 0 Å². The molecule has 1 rings (SSSR count). The first kappa shape index (κ1) is 13.0. The van der Waals surface area contributed by atoms with Crippen LogP contribution >= 0.6 is 0 Å². The molecule has 1 aliphatic heterocycles. The van der Waals surface area contributed by atoms with Gasteiger partial charge in [-0.15, -0.1) is 0 Å². The normalized spacial score (nSPS) is 36.2. The fourth-order valence-corrected chi connectivity index (χ4v) is 2.29. The fraction of sp³-hybridized carbons (Fsp3) is 1.00. The Morgan fingerprint density at radius 3 is 1.87 bits per heavy atom. The van der Waals surface area contributed by atoms with Gasteiger partial charge in [0.25, 0.3) is 0 Å². The average molecular weight is 214 g/mol. The fourth-order valence-electron chi connectivity index (χ4n) is 2.29. The Labute approximate surface area is 94.3 Å². The maximum Gasteiger partial charge on any atom is 0.160 e. The molecule has 3 atom stereocenters. The van der Waals surface area contributed by atoms with Crippen molar-refractivity contribution in [1.29, 1.82) is 0 Å². The van der Waals surface area contributed by atoms with E-state index in [9.17, 15) is 0 Å². The van der Waals surface area contributed by atoms with Gasteiger partial charge in [0, 0.05) is 11.3 Å². The molecule has 0 aromatic carbocycles. The third kappa shape index (κ3) is 2.54. The van der Waals surface area contributed by atoms with Crippen LogP contribution in [-0.4, -0.2) is 18.5 Å². The molecule has 0 saturated carbocycles. The lowest BCUT2D eigenvalue weighted by Crippen LogP contribution is -2.54. The van der Waals surface area contributed by atoms with E-state index < -0.39 is 0 Å². The number of rotatable bonds is 2. The molecule has 0 spiro atoms. The summed E-state index contributed by atoms with van der Waals surface area (Å²) in [7, 11) is 0. The molecule has 0 aromatic heterocycles. The Hall–Kier alpha value is -0.0800. The highest BCUT2D eigenvalue weighted by atomic mass is 16.7. The summed E-state index contributed by atoms with van der Waals surface area (Å²) in [5.41, 5.74) is 0.0968. The predicted octanol–water partition coefficient (Wildman–Crippen LogP) is 3.45. The van der Waals surface area contributed by atoms with E-state index in [2.05, 4.69) is 48.5 Å². The highest BCUT2D eigenvalue weighted by molar-refractivity contribution is 4.90. The van der Waals surface area contributed by atoms with E-state index in [-0.39, 0.29) is 23.9 Å². The van der Waals surface area contributed by atoms with Gasteiger partial charge in [-0.25, -0.2) is 0 Å². The highest BCUT2D eigenvalue weighted by Crippen LogP contribution is 2.40. The molecule has 0 N–H and O–H groups in total. The van der Waals surface area contributed by atoms with Crippen molar-refractivity contribution < 1.29 is 9.47 Å². The molecule has 3 unspecified atom stereocenters. The Morgan fingerprint density at radius 1 is 0.933 bits per heavy atom. The minimum absolute atomic E-state index is 0.0413. The lowest BCUT2D eigenvalue weighted by atomic mass is 9.75. The zero-order valence-corrected chi connectivity index (χ0v) is 11.2. The second kappa shape index (κ2) is 4.42. The molecule has 90 valence electrons. The monoisotopic (exact) mass is 214 g/mol. The lowest BCUT2D eigenvalue weighted by molar-refractivity contribution is -0.310. The van der Waals surface area contributed by atoms with E-state index in [0.29, 0.717) is 11.8 Å². The Morgan fingerprint density at radius 2 is 1.47 bits per heavy atom. The average Bonchev–Trinajstić information content (AvgIpc) is 2.08. The summed E-state index contributed by atoms with van der Waals surface area (Å²) in [4.78, 5) is 0. The third-order valence-corrected chi connectivity index (χ3v) is 3.55. The van der Waals surface area contributed by atoms with E-state index in [1.807, 2.05) is 0 Å². The van der Waals surface area contributed by atoms with Crippen LogP contribution in [0.4, 0.5) is 0 Å². The van der Waals surface area contributed by atoms with Gasteiger partial charge in [-0.2, -0.15) is 0 Å². The first-order valence-electron chi connectivity index (χ1n) is 6.07. The van der Waals surface area contributed by atoms with Crippen molar-refractivity contribution in [3.8, 4) is 0 Å². The van der Waals surface area contributed by atoms with Crippen molar-refractivity contribution in [2.75, 3.05) is 0 Å². The minimum atomic E-state index is -0.0413. The maximum absolute atomic E-state index is 6.07. The third-order valence-electron chi connectivity index (χ3n) is 3.55. The number of hydrogen-bond acceptors (Lipinski definition) is 2. The van der Waals surface area contributed by atoms with Gasteiger partial charge in [0.05, 0.1) is 12.2 Å². The van der Waals surface area contributed by atoms with E-state index in [1.165, 1.54) is 0 Å². The van der Waals surface area contributed by atoms with Crippen LogP contribution in [0, 0.1) is 17.3 Å². The summed E-state index contributed by atoms with van der Waals surface area (Å²) in [5.74, 6) is 0.956. The van der Waals surface area contributed by atoms with Crippen LogP contribution < -0.4 is 0 Å². The van der Waals surface area contributed by atoms with Crippen molar-refractivity contribution in [2.24, 2.45) is 17.3 Å². The Kier molecular flexibility index (Phi) is 3.83. The van der Waals surface area contributed by atoms with Crippen LogP contribution in [0.3, 0.4) is 0 Å². The van der Waals surface area contributed by atoms with Crippen molar-refractivity contribution in [2.45, 2.75) is 67.0 Å². The summed E-state index contributed by atoms with van der Waals surface area (Å²) in [6.45, 7) is 15.4. The number of hydrogen-bond donors (Lipinski definition) is 0. The molecular formula is C13H26O2. The Balaban J connectivity index is 2.82. The molecule has 0 radical (unpaired) electrons. The topological polar surface area (TPSA) is 18.5 Å². The van der Waals surface area contributed by atoms with Gasteiger partial charge in [0.15, 0.2) is 6.29 Å². The van der Waals surface area contributed by atoms with Crippen LogP contribution in [0.1, 0.15) is 48.5 Å². The molecule has 2 heteroatoms. The maximum atomic E-state index is 6.07.